The highest BCUT2D eigenvalue weighted by Crippen LogP contribution is 2.39. The molecule has 7 nitrogen and oxygen atoms in total. The zero-order valence-corrected chi connectivity index (χ0v) is 15.0. The fourth-order valence-electron chi connectivity index (χ4n) is 4.41. The Labute approximate surface area is 153 Å². The molecule has 0 aromatic heterocycles. The molecule has 1 aromatic carbocycles. The first-order valence-corrected chi connectivity index (χ1v) is 9.04. The van der Waals surface area contributed by atoms with Gasteiger partial charge < -0.3 is 25.4 Å². The van der Waals surface area contributed by atoms with E-state index < -0.39 is 6.09 Å². The van der Waals surface area contributed by atoms with Crippen LogP contribution in [0.3, 0.4) is 0 Å². The monoisotopic (exact) mass is 358 g/mol. The van der Waals surface area contributed by atoms with Crippen molar-refractivity contribution in [3.8, 4) is 11.8 Å². The molecule has 2 aliphatic rings. The molecule has 7 heteroatoms. The molecule has 3 N–H and O–H groups in total. The first-order chi connectivity index (χ1) is 12.5. The summed E-state index contributed by atoms with van der Waals surface area (Å²) in [5, 5.41) is 18.1. The summed E-state index contributed by atoms with van der Waals surface area (Å²) in [7, 11) is 1.69. The van der Waals surface area contributed by atoms with Gasteiger partial charge in [0.2, 0.25) is 0 Å². The van der Waals surface area contributed by atoms with Crippen LogP contribution < -0.4 is 10.5 Å². The Balaban J connectivity index is 1.48. The molecule has 1 aromatic rings. The van der Waals surface area contributed by atoms with Crippen molar-refractivity contribution < 1.29 is 14.6 Å². The van der Waals surface area contributed by atoms with Gasteiger partial charge in [-0.15, -0.1) is 0 Å². The largest absolute Gasteiger partial charge is 0.492 e. The van der Waals surface area contributed by atoms with Gasteiger partial charge >= 0.3 is 6.09 Å². The van der Waals surface area contributed by atoms with E-state index in [0.717, 1.165) is 32.5 Å². The van der Waals surface area contributed by atoms with Crippen molar-refractivity contribution in [3.05, 3.63) is 29.8 Å². The predicted octanol–water partition coefficient (Wildman–Crippen LogP) is 1.58. The number of nitrogens with two attached hydrogens (primary N) is 1. The van der Waals surface area contributed by atoms with E-state index in [4.69, 9.17) is 15.7 Å². The molecular weight excluding hydrogens is 332 g/mol. The van der Waals surface area contributed by atoms with Gasteiger partial charge in [-0.05, 0) is 48.9 Å². The summed E-state index contributed by atoms with van der Waals surface area (Å²) in [6, 6.07) is 9.10. The van der Waals surface area contributed by atoms with Crippen LogP contribution in [-0.2, 0) is 0 Å². The fourth-order valence-corrected chi connectivity index (χ4v) is 4.41. The minimum absolute atomic E-state index is 0.112. The number of likely N-dealkylation sites (tertiary alicyclic amines) is 1. The van der Waals surface area contributed by atoms with E-state index in [2.05, 4.69) is 11.0 Å². The molecule has 3 atom stereocenters. The van der Waals surface area contributed by atoms with Crippen molar-refractivity contribution >= 4 is 6.09 Å². The number of hydrogen-bond acceptors (Lipinski definition) is 5. The smallest absolute Gasteiger partial charge is 0.407 e. The number of hydrogen-bond donors (Lipinski definition) is 2. The SMILES string of the molecule is CN(C(=O)O)C1C2CCC1CN(C[C@H](N)COc1ccc(C#N)cc1)C2. The van der Waals surface area contributed by atoms with E-state index >= 15 is 0 Å². The molecule has 1 saturated heterocycles. The lowest BCUT2D eigenvalue weighted by Gasteiger charge is -2.42. The second-order valence-electron chi connectivity index (χ2n) is 7.41. The first-order valence-electron chi connectivity index (χ1n) is 9.04. The zero-order chi connectivity index (χ0) is 18.7. The molecule has 1 amide bonds. The van der Waals surface area contributed by atoms with Gasteiger partial charge in [-0.3, -0.25) is 0 Å². The summed E-state index contributed by atoms with van der Waals surface area (Å²) in [5.74, 6) is 1.49. The molecule has 140 valence electrons. The molecule has 1 saturated carbocycles. The third-order valence-corrected chi connectivity index (χ3v) is 5.55. The highest BCUT2D eigenvalue weighted by molar-refractivity contribution is 5.65. The standard InChI is InChI=1S/C19H26N4O3/c1-22(19(24)25)18-14-4-5-15(18)10-23(9-14)11-16(21)12-26-17-6-2-13(8-20)3-7-17/h2-3,6-7,14-16,18H,4-5,9-12,21H2,1H3,(H,24,25)/t14?,15?,16-,18?/m0/s1. The molecular formula is C19H26N4O3. The average Bonchev–Trinajstić information content (AvgIpc) is 2.90. The normalized spacial score (nSPS) is 26.1. The Bertz CT molecular complexity index is 658. The topological polar surface area (TPSA) is 103 Å². The molecule has 26 heavy (non-hydrogen) atoms. The summed E-state index contributed by atoms with van der Waals surface area (Å²) >= 11 is 0. The molecule has 1 aliphatic heterocycles. The van der Waals surface area contributed by atoms with Crippen molar-refractivity contribution in [3.63, 3.8) is 0 Å². The Morgan fingerprint density at radius 2 is 2.00 bits per heavy atom. The summed E-state index contributed by atoms with van der Waals surface area (Å²) in [6.07, 6.45) is 1.33. The maximum Gasteiger partial charge on any atom is 0.407 e. The first kappa shape index (κ1) is 18.5. The summed E-state index contributed by atoms with van der Waals surface area (Å²) in [4.78, 5) is 15.1. The van der Waals surface area contributed by atoms with Crippen molar-refractivity contribution in [2.75, 3.05) is 33.3 Å². The molecule has 1 heterocycles. The van der Waals surface area contributed by atoms with Gasteiger partial charge in [-0.2, -0.15) is 5.26 Å². The Morgan fingerprint density at radius 3 is 2.54 bits per heavy atom. The average molecular weight is 358 g/mol. The second kappa shape index (κ2) is 7.94. The van der Waals surface area contributed by atoms with Crippen LogP contribution >= 0.6 is 0 Å². The Morgan fingerprint density at radius 1 is 1.38 bits per heavy atom. The van der Waals surface area contributed by atoms with Crippen LogP contribution in [0.1, 0.15) is 18.4 Å². The van der Waals surface area contributed by atoms with Crippen LogP contribution in [0, 0.1) is 23.2 Å². The summed E-state index contributed by atoms with van der Waals surface area (Å²) in [5.41, 5.74) is 6.84. The summed E-state index contributed by atoms with van der Waals surface area (Å²) < 4.78 is 5.72. The second-order valence-corrected chi connectivity index (χ2v) is 7.41. The summed E-state index contributed by atoms with van der Waals surface area (Å²) in [6.45, 7) is 2.94. The van der Waals surface area contributed by atoms with Crippen molar-refractivity contribution in [1.82, 2.24) is 9.80 Å². The number of nitrogens with zero attached hydrogens (tertiary/aromatic N) is 3. The van der Waals surface area contributed by atoms with E-state index in [1.54, 1.807) is 31.3 Å². The molecule has 2 fully saturated rings. The highest BCUT2D eigenvalue weighted by Gasteiger charge is 2.45. The van der Waals surface area contributed by atoms with Crippen molar-refractivity contribution in [2.24, 2.45) is 17.6 Å². The van der Waals surface area contributed by atoms with E-state index in [1.807, 2.05) is 0 Å². The quantitative estimate of drug-likeness (QED) is 0.800. The molecule has 2 bridgehead atoms. The zero-order valence-electron chi connectivity index (χ0n) is 15.0. The van der Waals surface area contributed by atoms with Crippen LogP contribution in [0.25, 0.3) is 0 Å². The van der Waals surface area contributed by atoms with Gasteiger partial charge in [0.05, 0.1) is 17.7 Å². The predicted molar refractivity (Wildman–Crippen MR) is 96.9 cm³/mol. The maximum absolute atomic E-state index is 11.3. The number of ether oxygens (including phenoxy) is 1. The minimum atomic E-state index is -0.840. The van der Waals surface area contributed by atoms with E-state index in [9.17, 15) is 9.90 Å². The van der Waals surface area contributed by atoms with Gasteiger partial charge in [0.25, 0.3) is 0 Å². The van der Waals surface area contributed by atoms with Gasteiger partial charge in [0, 0.05) is 32.7 Å². The number of piperidine rings is 1. The molecule has 2 unspecified atom stereocenters. The number of amides is 1. The number of rotatable bonds is 6. The third kappa shape index (κ3) is 4.09. The van der Waals surface area contributed by atoms with Gasteiger partial charge in [-0.1, -0.05) is 0 Å². The van der Waals surface area contributed by atoms with Gasteiger partial charge in [0.15, 0.2) is 0 Å². The van der Waals surface area contributed by atoms with Crippen LogP contribution in [0.2, 0.25) is 0 Å². The maximum atomic E-state index is 11.3. The van der Waals surface area contributed by atoms with Crippen molar-refractivity contribution in [1.29, 1.82) is 5.26 Å². The Kier molecular flexibility index (Phi) is 5.64. The lowest BCUT2D eigenvalue weighted by Crippen LogP contribution is -2.55. The third-order valence-electron chi connectivity index (χ3n) is 5.55. The Hall–Kier alpha value is -2.30. The minimum Gasteiger partial charge on any atom is -0.492 e. The van der Waals surface area contributed by atoms with Crippen LogP contribution in [-0.4, -0.2) is 66.4 Å². The van der Waals surface area contributed by atoms with Crippen molar-refractivity contribution in [2.45, 2.75) is 24.9 Å². The molecule has 3 rings (SSSR count). The molecule has 0 radical (unpaired) electrons. The van der Waals surface area contributed by atoms with Crippen LogP contribution in [0.15, 0.2) is 24.3 Å². The number of fused-ring (bicyclic) bond motifs is 2. The highest BCUT2D eigenvalue weighted by atomic mass is 16.5. The lowest BCUT2D eigenvalue weighted by atomic mass is 9.91. The van der Waals surface area contributed by atoms with Crippen LogP contribution in [0.4, 0.5) is 4.79 Å². The van der Waals surface area contributed by atoms with Crippen LogP contribution in [0.5, 0.6) is 5.75 Å². The number of benzene rings is 1. The lowest BCUT2D eigenvalue weighted by molar-refractivity contribution is 0.0547. The number of nitriles is 1. The number of carbonyl (C=O) groups is 1. The number of carboxylic acid groups (broad SMARTS) is 1. The van der Waals surface area contributed by atoms with E-state index in [-0.39, 0.29) is 12.1 Å². The van der Waals surface area contributed by atoms with Gasteiger partial charge in [-0.25, -0.2) is 4.79 Å². The van der Waals surface area contributed by atoms with E-state index in [1.165, 1.54) is 4.90 Å². The molecule has 0 spiro atoms. The molecule has 1 aliphatic carbocycles. The van der Waals surface area contributed by atoms with E-state index in [0.29, 0.717) is 29.8 Å². The van der Waals surface area contributed by atoms with Gasteiger partial charge in [0.1, 0.15) is 12.4 Å². The fraction of sp³-hybridized carbons (Fsp3) is 0.579.